The molecule has 1 aliphatic rings. The molecular weight excluding hydrogens is 296 g/mol. The highest BCUT2D eigenvalue weighted by molar-refractivity contribution is 9.10. The smallest absolute Gasteiger partial charge is 0.337 e. The second-order valence-corrected chi connectivity index (χ2v) is 5.05. The van der Waals surface area contributed by atoms with Crippen LogP contribution >= 0.6 is 15.9 Å². The fourth-order valence-electron chi connectivity index (χ4n) is 1.67. The Morgan fingerprint density at radius 3 is 3.11 bits per heavy atom. The number of ether oxygens (including phenoxy) is 2. The average Bonchev–Trinajstić information content (AvgIpc) is 2.38. The van der Waals surface area contributed by atoms with E-state index in [0.717, 1.165) is 28.6 Å². The SMILES string of the molecule is CCCCOC(=O)C1=Cc2cc(Br)ccc2OC1. The van der Waals surface area contributed by atoms with Gasteiger partial charge in [0.25, 0.3) is 0 Å². The maximum atomic E-state index is 11.8. The van der Waals surface area contributed by atoms with Gasteiger partial charge in [0.1, 0.15) is 12.4 Å². The van der Waals surface area contributed by atoms with Crippen molar-refractivity contribution in [2.24, 2.45) is 0 Å². The first-order chi connectivity index (χ1) is 8.70. The molecule has 0 spiro atoms. The summed E-state index contributed by atoms with van der Waals surface area (Å²) in [6.07, 6.45) is 3.73. The first kappa shape index (κ1) is 13.1. The number of carbonyl (C=O) groups excluding carboxylic acids is 1. The van der Waals surface area contributed by atoms with E-state index in [0.29, 0.717) is 12.2 Å². The average molecular weight is 311 g/mol. The van der Waals surface area contributed by atoms with E-state index in [-0.39, 0.29) is 12.6 Å². The second-order valence-electron chi connectivity index (χ2n) is 4.13. The van der Waals surface area contributed by atoms with Crippen molar-refractivity contribution in [3.63, 3.8) is 0 Å². The lowest BCUT2D eigenvalue weighted by molar-refractivity contribution is -0.139. The summed E-state index contributed by atoms with van der Waals surface area (Å²) in [5.74, 6) is 0.511. The van der Waals surface area contributed by atoms with Crippen LogP contribution in [-0.2, 0) is 9.53 Å². The minimum absolute atomic E-state index is 0.277. The van der Waals surface area contributed by atoms with Gasteiger partial charge in [0.15, 0.2) is 0 Å². The molecule has 2 rings (SSSR count). The van der Waals surface area contributed by atoms with Gasteiger partial charge in [0.05, 0.1) is 12.2 Å². The normalized spacial score (nSPS) is 13.3. The highest BCUT2D eigenvalue weighted by atomic mass is 79.9. The zero-order chi connectivity index (χ0) is 13.0. The molecule has 0 N–H and O–H groups in total. The fraction of sp³-hybridized carbons (Fsp3) is 0.357. The number of fused-ring (bicyclic) bond motifs is 1. The Morgan fingerprint density at radius 2 is 2.33 bits per heavy atom. The molecule has 0 unspecified atom stereocenters. The second kappa shape index (κ2) is 6.05. The molecule has 1 aliphatic heterocycles. The first-order valence-corrected chi connectivity index (χ1v) is 6.80. The highest BCUT2D eigenvalue weighted by Crippen LogP contribution is 2.29. The van der Waals surface area contributed by atoms with Gasteiger partial charge in [-0.1, -0.05) is 29.3 Å². The van der Waals surface area contributed by atoms with Gasteiger partial charge in [-0.3, -0.25) is 0 Å². The van der Waals surface area contributed by atoms with E-state index in [4.69, 9.17) is 9.47 Å². The van der Waals surface area contributed by atoms with Crippen molar-refractivity contribution in [3.8, 4) is 5.75 Å². The van der Waals surface area contributed by atoms with Crippen LogP contribution in [0.1, 0.15) is 25.3 Å². The van der Waals surface area contributed by atoms with Crippen LogP contribution in [0.4, 0.5) is 0 Å². The number of esters is 1. The number of carbonyl (C=O) groups is 1. The molecule has 0 saturated carbocycles. The van der Waals surface area contributed by atoms with Gasteiger partial charge in [0.2, 0.25) is 0 Å². The lowest BCUT2D eigenvalue weighted by atomic mass is 10.1. The van der Waals surface area contributed by atoms with Gasteiger partial charge in [0, 0.05) is 10.0 Å². The van der Waals surface area contributed by atoms with E-state index in [9.17, 15) is 4.79 Å². The molecule has 0 bridgehead atoms. The lowest BCUT2D eigenvalue weighted by Gasteiger charge is -2.17. The van der Waals surface area contributed by atoms with Crippen molar-refractivity contribution in [2.45, 2.75) is 19.8 Å². The molecule has 0 aliphatic carbocycles. The van der Waals surface area contributed by atoms with Crippen LogP contribution in [0.2, 0.25) is 0 Å². The van der Waals surface area contributed by atoms with Crippen molar-refractivity contribution < 1.29 is 14.3 Å². The molecule has 1 heterocycles. The molecule has 96 valence electrons. The third-order valence-electron chi connectivity index (χ3n) is 2.68. The van der Waals surface area contributed by atoms with E-state index in [1.54, 1.807) is 0 Å². The third-order valence-corrected chi connectivity index (χ3v) is 3.17. The molecule has 0 amide bonds. The molecule has 0 atom stereocenters. The zero-order valence-corrected chi connectivity index (χ0v) is 11.8. The summed E-state index contributed by atoms with van der Waals surface area (Å²) in [6.45, 7) is 2.81. The lowest BCUT2D eigenvalue weighted by Crippen LogP contribution is -2.17. The largest absolute Gasteiger partial charge is 0.488 e. The summed E-state index contributed by atoms with van der Waals surface area (Å²) in [5, 5.41) is 0. The standard InChI is InChI=1S/C14H15BrO3/c1-2-3-6-17-14(16)11-7-10-8-12(15)4-5-13(10)18-9-11/h4-5,7-8H,2-3,6,9H2,1H3. The molecule has 18 heavy (non-hydrogen) atoms. The van der Waals surface area contributed by atoms with Gasteiger partial charge >= 0.3 is 5.97 Å². The summed E-state index contributed by atoms with van der Waals surface area (Å²) in [7, 11) is 0. The van der Waals surface area contributed by atoms with Crippen LogP contribution in [0.25, 0.3) is 6.08 Å². The summed E-state index contributed by atoms with van der Waals surface area (Å²) in [4.78, 5) is 11.8. The van der Waals surface area contributed by atoms with Crippen LogP contribution in [0.5, 0.6) is 5.75 Å². The number of rotatable bonds is 4. The minimum Gasteiger partial charge on any atom is -0.488 e. The van der Waals surface area contributed by atoms with Crippen LogP contribution < -0.4 is 4.74 Å². The van der Waals surface area contributed by atoms with E-state index in [1.165, 1.54) is 0 Å². The van der Waals surface area contributed by atoms with Gasteiger partial charge in [-0.25, -0.2) is 4.79 Å². The van der Waals surface area contributed by atoms with E-state index in [2.05, 4.69) is 22.9 Å². The molecule has 0 aromatic heterocycles. The fourth-order valence-corrected chi connectivity index (χ4v) is 2.05. The van der Waals surface area contributed by atoms with Gasteiger partial charge in [-0.15, -0.1) is 0 Å². The molecule has 1 aromatic rings. The Morgan fingerprint density at radius 1 is 1.50 bits per heavy atom. The first-order valence-electron chi connectivity index (χ1n) is 6.00. The number of hydrogen-bond acceptors (Lipinski definition) is 3. The molecular formula is C14H15BrO3. The van der Waals surface area contributed by atoms with Crippen molar-refractivity contribution in [2.75, 3.05) is 13.2 Å². The van der Waals surface area contributed by atoms with E-state index >= 15 is 0 Å². The van der Waals surface area contributed by atoms with Crippen LogP contribution in [0, 0.1) is 0 Å². The van der Waals surface area contributed by atoms with Gasteiger partial charge < -0.3 is 9.47 Å². The molecule has 0 saturated heterocycles. The number of hydrogen-bond donors (Lipinski definition) is 0. The third kappa shape index (κ3) is 3.13. The Hall–Kier alpha value is -1.29. The summed E-state index contributed by atoms with van der Waals surface area (Å²) in [6, 6.07) is 5.72. The Balaban J connectivity index is 2.09. The van der Waals surface area contributed by atoms with E-state index < -0.39 is 0 Å². The summed E-state index contributed by atoms with van der Waals surface area (Å²) >= 11 is 3.40. The highest BCUT2D eigenvalue weighted by Gasteiger charge is 2.18. The predicted octanol–water partition coefficient (Wildman–Crippen LogP) is 3.57. The maximum absolute atomic E-state index is 11.8. The summed E-state index contributed by atoms with van der Waals surface area (Å²) < 4.78 is 11.7. The van der Waals surface area contributed by atoms with Crippen molar-refractivity contribution >= 4 is 28.0 Å². The molecule has 4 heteroatoms. The zero-order valence-electron chi connectivity index (χ0n) is 10.2. The molecule has 0 radical (unpaired) electrons. The number of unbranched alkanes of at least 4 members (excludes halogenated alkanes) is 1. The Kier molecular flexibility index (Phi) is 4.42. The Labute approximate surface area is 115 Å². The van der Waals surface area contributed by atoms with Crippen molar-refractivity contribution in [1.82, 2.24) is 0 Å². The molecule has 3 nitrogen and oxygen atoms in total. The number of halogens is 1. The van der Waals surface area contributed by atoms with Crippen molar-refractivity contribution in [1.29, 1.82) is 0 Å². The van der Waals surface area contributed by atoms with Crippen LogP contribution in [0.15, 0.2) is 28.2 Å². The number of benzene rings is 1. The van der Waals surface area contributed by atoms with Crippen LogP contribution in [-0.4, -0.2) is 19.2 Å². The van der Waals surface area contributed by atoms with Gasteiger partial charge in [-0.2, -0.15) is 0 Å². The van der Waals surface area contributed by atoms with Crippen LogP contribution in [0.3, 0.4) is 0 Å². The predicted molar refractivity (Wildman–Crippen MR) is 73.5 cm³/mol. The minimum atomic E-state index is -0.283. The maximum Gasteiger partial charge on any atom is 0.337 e. The molecule has 1 aromatic carbocycles. The topological polar surface area (TPSA) is 35.5 Å². The Bertz CT molecular complexity index is 480. The van der Waals surface area contributed by atoms with Crippen molar-refractivity contribution in [3.05, 3.63) is 33.8 Å². The quantitative estimate of drug-likeness (QED) is 0.630. The monoisotopic (exact) mass is 310 g/mol. The molecule has 0 fully saturated rings. The van der Waals surface area contributed by atoms with Gasteiger partial charge in [-0.05, 0) is 30.7 Å². The summed E-state index contributed by atoms with van der Waals surface area (Å²) in [5.41, 5.74) is 1.47. The van der Waals surface area contributed by atoms with E-state index in [1.807, 2.05) is 24.3 Å².